The first-order chi connectivity index (χ1) is 14.5. The zero-order chi connectivity index (χ0) is 21.8. The van der Waals surface area contributed by atoms with Gasteiger partial charge in [-0.1, -0.05) is 24.3 Å². The molecule has 0 unspecified atom stereocenters. The van der Waals surface area contributed by atoms with Crippen molar-refractivity contribution in [2.45, 2.75) is 39.7 Å². The molecular weight excluding hydrogens is 503 g/mol. The van der Waals surface area contributed by atoms with Gasteiger partial charge in [-0.3, -0.25) is 9.79 Å². The fourth-order valence-electron chi connectivity index (χ4n) is 2.98. The van der Waals surface area contributed by atoms with E-state index < -0.39 is 0 Å². The second-order valence-electron chi connectivity index (χ2n) is 7.28. The Morgan fingerprint density at radius 3 is 2.42 bits per heavy atom. The molecule has 2 rings (SSSR count). The first-order valence-electron chi connectivity index (χ1n) is 10.6. The number of aliphatic imine (C=N–C) groups is 1. The average molecular weight is 538 g/mol. The Balaban J connectivity index is 0.00000480. The van der Waals surface area contributed by atoms with Crippen molar-refractivity contribution in [3.05, 3.63) is 65.2 Å². The van der Waals surface area contributed by atoms with E-state index in [0.29, 0.717) is 12.1 Å². The maximum Gasteiger partial charge on any atom is 0.251 e. The number of rotatable bonds is 10. The van der Waals surface area contributed by atoms with Crippen molar-refractivity contribution in [1.29, 1.82) is 0 Å². The van der Waals surface area contributed by atoms with Gasteiger partial charge in [0.05, 0.1) is 6.10 Å². The van der Waals surface area contributed by atoms with Gasteiger partial charge in [-0.25, -0.2) is 0 Å². The van der Waals surface area contributed by atoms with Crippen LogP contribution in [0.2, 0.25) is 0 Å². The quantitative estimate of drug-likeness (QED) is 0.245. The van der Waals surface area contributed by atoms with Gasteiger partial charge in [0.2, 0.25) is 0 Å². The zero-order valence-corrected chi connectivity index (χ0v) is 21.2. The van der Waals surface area contributed by atoms with Gasteiger partial charge >= 0.3 is 0 Å². The zero-order valence-electron chi connectivity index (χ0n) is 18.9. The third kappa shape index (κ3) is 10.0. The summed E-state index contributed by atoms with van der Waals surface area (Å²) in [5.74, 6) is 1.64. The molecule has 0 aromatic heterocycles. The van der Waals surface area contributed by atoms with Crippen LogP contribution in [-0.4, -0.2) is 44.7 Å². The molecule has 0 bridgehead atoms. The van der Waals surface area contributed by atoms with Crippen molar-refractivity contribution < 1.29 is 9.53 Å². The second kappa shape index (κ2) is 14.7. The number of amides is 1. The van der Waals surface area contributed by atoms with Crippen LogP contribution in [0.25, 0.3) is 0 Å². The molecule has 0 aliphatic carbocycles. The topological polar surface area (TPSA) is 74.8 Å². The Morgan fingerprint density at radius 1 is 1.03 bits per heavy atom. The summed E-state index contributed by atoms with van der Waals surface area (Å²) in [6.45, 7) is 8.35. The number of guanidine groups is 1. The van der Waals surface area contributed by atoms with Gasteiger partial charge in [-0.2, -0.15) is 0 Å². The minimum absolute atomic E-state index is 0. The van der Waals surface area contributed by atoms with E-state index in [1.807, 2.05) is 50.2 Å². The number of halogens is 1. The van der Waals surface area contributed by atoms with Crippen molar-refractivity contribution in [3.8, 4) is 5.75 Å². The molecule has 0 aliphatic rings. The van der Waals surface area contributed by atoms with Crippen LogP contribution in [0, 0.1) is 0 Å². The molecule has 31 heavy (non-hydrogen) atoms. The van der Waals surface area contributed by atoms with E-state index in [1.165, 1.54) is 5.56 Å². The van der Waals surface area contributed by atoms with Gasteiger partial charge in [-0.15, -0.1) is 24.0 Å². The Morgan fingerprint density at radius 2 is 1.77 bits per heavy atom. The first-order valence-corrected chi connectivity index (χ1v) is 10.6. The van der Waals surface area contributed by atoms with Crippen LogP contribution < -0.4 is 20.7 Å². The van der Waals surface area contributed by atoms with E-state index in [2.05, 4.69) is 40.0 Å². The molecule has 0 saturated heterocycles. The molecule has 0 spiro atoms. The van der Waals surface area contributed by atoms with Crippen LogP contribution >= 0.6 is 24.0 Å². The number of nitrogens with zero attached hydrogens (tertiary/aromatic N) is 1. The summed E-state index contributed by atoms with van der Waals surface area (Å²) in [5, 5.41) is 9.30. The number of hydrogen-bond donors (Lipinski definition) is 3. The molecule has 1 amide bonds. The SMILES string of the molecule is CCNC(=NCCc1ccc(OC(C)C)cc1)NCCc1cccc(C(=O)NC)c1.I. The molecule has 6 nitrogen and oxygen atoms in total. The molecule has 2 aromatic rings. The minimum atomic E-state index is -0.0662. The highest BCUT2D eigenvalue weighted by Gasteiger charge is 2.04. The number of nitrogens with one attached hydrogen (secondary N) is 3. The van der Waals surface area contributed by atoms with Crippen LogP contribution in [-0.2, 0) is 12.8 Å². The Kier molecular flexibility index (Phi) is 12.7. The van der Waals surface area contributed by atoms with E-state index in [4.69, 9.17) is 4.74 Å². The van der Waals surface area contributed by atoms with E-state index in [0.717, 1.165) is 43.2 Å². The Bertz CT molecular complexity index is 823. The molecule has 0 atom stereocenters. The molecule has 2 aromatic carbocycles. The maximum absolute atomic E-state index is 11.8. The molecule has 7 heteroatoms. The van der Waals surface area contributed by atoms with E-state index in [1.54, 1.807) is 7.05 Å². The summed E-state index contributed by atoms with van der Waals surface area (Å²) in [7, 11) is 1.64. The van der Waals surface area contributed by atoms with Gasteiger partial charge in [0.1, 0.15) is 5.75 Å². The monoisotopic (exact) mass is 538 g/mol. The highest BCUT2D eigenvalue weighted by molar-refractivity contribution is 14.0. The summed E-state index contributed by atoms with van der Waals surface area (Å²) in [6, 6.07) is 15.9. The highest BCUT2D eigenvalue weighted by atomic mass is 127. The highest BCUT2D eigenvalue weighted by Crippen LogP contribution is 2.14. The van der Waals surface area contributed by atoms with Crippen LogP contribution in [0.1, 0.15) is 42.3 Å². The fraction of sp³-hybridized carbons (Fsp3) is 0.417. The number of benzene rings is 2. The third-order valence-electron chi connectivity index (χ3n) is 4.43. The van der Waals surface area contributed by atoms with E-state index >= 15 is 0 Å². The Hall–Kier alpha value is -2.29. The van der Waals surface area contributed by atoms with Gasteiger partial charge < -0.3 is 20.7 Å². The molecule has 0 radical (unpaired) electrons. The third-order valence-corrected chi connectivity index (χ3v) is 4.43. The normalized spacial score (nSPS) is 10.9. The van der Waals surface area contributed by atoms with Crippen molar-refractivity contribution in [2.24, 2.45) is 4.99 Å². The van der Waals surface area contributed by atoms with Crippen LogP contribution in [0.5, 0.6) is 5.75 Å². The molecule has 3 N–H and O–H groups in total. The molecule has 0 aliphatic heterocycles. The predicted molar refractivity (Wildman–Crippen MR) is 139 cm³/mol. The molecule has 0 heterocycles. The van der Waals surface area contributed by atoms with Crippen molar-refractivity contribution in [1.82, 2.24) is 16.0 Å². The first kappa shape index (κ1) is 26.7. The lowest BCUT2D eigenvalue weighted by atomic mass is 10.1. The van der Waals surface area contributed by atoms with Crippen molar-refractivity contribution >= 4 is 35.8 Å². The predicted octanol–water partition coefficient (Wildman–Crippen LogP) is 3.79. The van der Waals surface area contributed by atoms with Gasteiger partial charge in [0, 0.05) is 32.2 Å². The number of carbonyl (C=O) groups excluding carboxylic acids is 1. The van der Waals surface area contributed by atoms with Gasteiger partial charge in [-0.05, 0) is 69.0 Å². The van der Waals surface area contributed by atoms with Crippen molar-refractivity contribution in [2.75, 3.05) is 26.7 Å². The lowest BCUT2D eigenvalue weighted by Gasteiger charge is -2.12. The Labute approximate surface area is 203 Å². The van der Waals surface area contributed by atoms with E-state index in [9.17, 15) is 4.79 Å². The summed E-state index contributed by atoms with van der Waals surface area (Å²) < 4.78 is 5.68. The summed E-state index contributed by atoms with van der Waals surface area (Å²) in [4.78, 5) is 16.4. The van der Waals surface area contributed by atoms with Crippen molar-refractivity contribution in [3.63, 3.8) is 0 Å². The van der Waals surface area contributed by atoms with Gasteiger partial charge in [0.25, 0.3) is 5.91 Å². The van der Waals surface area contributed by atoms with Crippen LogP contribution in [0.15, 0.2) is 53.5 Å². The fourth-order valence-corrected chi connectivity index (χ4v) is 2.98. The molecule has 0 saturated carbocycles. The second-order valence-corrected chi connectivity index (χ2v) is 7.28. The molecular formula is C24H35IN4O2. The van der Waals surface area contributed by atoms with Gasteiger partial charge in [0.15, 0.2) is 5.96 Å². The molecule has 0 fully saturated rings. The van der Waals surface area contributed by atoms with E-state index in [-0.39, 0.29) is 36.0 Å². The average Bonchev–Trinajstić information content (AvgIpc) is 2.74. The number of hydrogen-bond acceptors (Lipinski definition) is 3. The largest absolute Gasteiger partial charge is 0.491 e. The summed E-state index contributed by atoms with van der Waals surface area (Å²) in [6.07, 6.45) is 1.86. The number of ether oxygens (including phenoxy) is 1. The lowest BCUT2D eigenvalue weighted by molar-refractivity contribution is 0.0963. The summed E-state index contributed by atoms with van der Waals surface area (Å²) >= 11 is 0. The minimum Gasteiger partial charge on any atom is -0.491 e. The maximum atomic E-state index is 11.8. The van der Waals surface area contributed by atoms with Crippen LogP contribution in [0.3, 0.4) is 0 Å². The summed E-state index contributed by atoms with van der Waals surface area (Å²) in [5.41, 5.74) is 3.03. The number of carbonyl (C=O) groups is 1. The molecule has 170 valence electrons. The smallest absolute Gasteiger partial charge is 0.251 e. The van der Waals surface area contributed by atoms with Crippen LogP contribution in [0.4, 0.5) is 0 Å². The standard InChI is InChI=1S/C24H34N4O2.HI/c1-5-26-24(27-15-13-19-9-11-22(12-10-19)30-18(2)3)28-16-14-20-7-6-8-21(17-20)23(29)25-4;/h6-12,17-18H,5,13-16H2,1-4H3,(H,25,29)(H2,26,27,28);1H. The lowest BCUT2D eigenvalue weighted by Crippen LogP contribution is -2.38.